The van der Waals surface area contributed by atoms with E-state index in [4.69, 9.17) is 4.74 Å². The first-order chi connectivity index (χ1) is 6.15. The van der Waals surface area contributed by atoms with E-state index in [0.717, 1.165) is 19.3 Å². The first-order valence-corrected chi connectivity index (χ1v) is 4.97. The van der Waals surface area contributed by atoms with E-state index >= 15 is 0 Å². The summed E-state index contributed by atoms with van der Waals surface area (Å²) < 4.78 is 5.00. The van der Waals surface area contributed by atoms with Gasteiger partial charge >= 0.3 is 5.97 Å². The molecule has 1 aliphatic rings. The van der Waals surface area contributed by atoms with Crippen LogP contribution in [-0.4, -0.2) is 12.6 Å². The zero-order valence-corrected chi connectivity index (χ0v) is 8.72. The maximum absolute atomic E-state index is 11.4. The van der Waals surface area contributed by atoms with E-state index in [2.05, 4.69) is 13.8 Å². The van der Waals surface area contributed by atoms with Crippen LogP contribution in [0.3, 0.4) is 0 Å². The van der Waals surface area contributed by atoms with Gasteiger partial charge in [0.2, 0.25) is 0 Å². The first kappa shape index (κ1) is 10.3. The second-order valence-electron chi connectivity index (χ2n) is 3.75. The molecule has 0 aromatic heterocycles. The van der Waals surface area contributed by atoms with Crippen molar-refractivity contribution in [2.45, 2.75) is 40.0 Å². The standard InChI is InChI=1S/C11H18O2/c1-4-13-11(12)10-6-5-8(2)9(3)7-10/h10H,4-7H2,1-3H3/t10-/m0/s1. The molecule has 1 rings (SSSR count). The van der Waals surface area contributed by atoms with E-state index in [-0.39, 0.29) is 11.9 Å². The molecule has 0 radical (unpaired) electrons. The minimum atomic E-state index is -0.0191. The van der Waals surface area contributed by atoms with Gasteiger partial charge in [-0.15, -0.1) is 0 Å². The Balaban J connectivity index is 2.53. The lowest BCUT2D eigenvalue weighted by Crippen LogP contribution is -2.21. The van der Waals surface area contributed by atoms with Gasteiger partial charge in [-0.2, -0.15) is 0 Å². The lowest BCUT2D eigenvalue weighted by Gasteiger charge is -2.22. The highest BCUT2D eigenvalue weighted by molar-refractivity contribution is 5.73. The Morgan fingerprint density at radius 2 is 2.15 bits per heavy atom. The van der Waals surface area contributed by atoms with Crippen molar-refractivity contribution < 1.29 is 9.53 Å². The van der Waals surface area contributed by atoms with Crippen molar-refractivity contribution >= 4 is 5.97 Å². The third-order valence-corrected chi connectivity index (χ3v) is 2.77. The predicted molar refractivity (Wildman–Crippen MR) is 52.3 cm³/mol. The molecule has 0 amide bonds. The van der Waals surface area contributed by atoms with Crippen molar-refractivity contribution in [3.63, 3.8) is 0 Å². The van der Waals surface area contributed by atoms with E-state index in [0.29, 0.717) is 6.61 Å². The van der Waals surface area contributed by atoms with Crippen molar-refractivity contribution in [1.82, 2.24) is 0 Å². The molecule has 0 aromatic rings. The van der Waals surface area contributed by atoms with Crippen molar-refractivity contribution in [3.05, 3.63) is 11.1 Å². The molecule has 1 aliphatic carbocycles. The van der Waals surface area contributed by atoms with Gasteiger partial charge in [0, 0.05) is 0 Å². The number of rotatable bonds is 2. The van der Waals surface area contributed by atoms with Crippen LogP contribution in [-0.2, 0) is 9.53 Å². The molecule has 0 aliphatic heterocycles. The fourth-order valence-corrected chi connectivity index (χ4v) is 1.71. The molecule has 74 valence electrons. The van der Waals surface area contributed by atoms with Crippen LogP contribution in [0.4, 0.5) is 0 Å². The molecular formula is C11H18O2. The summed E-state index contributed by atoms with van der Waals surface area (Å²) in [5, 5.41) is 0. The molecule has 0 N–H and O–H groups in total. The second-order valence-corrected chi connectivity index (χ2v) is 3.75. The van der Waals surface area contributed by atoms with Gasteiger partial charge in [0.25, 0.3) is 0 Å². The zero-order valence-electron chi connectivity index (χ0n) is 8.72. The third kappa shape index (κ3) is 2.58. The van der Waals surface area contributed by atoms with Crippen molar-refractivity contribution in [3.8, 4) is 0 Å². The Morgan fingerprint density at radius 3 is 2.69 bits per heavy atom. The molecule has 13 heavy (non-hydrogen) atoms. The van der Waals surface area contributed by atoms with Gasteiger partial charge in [-0.1, -0.05) is 11.1 Å². The molecule has 1 atom stereocenters. The van der Waals surface area contributed by atoms with E-state index in [1.807, 2.05) is 6.92 Å². The first-order valence-electron chi connectivity index (χ1n) is 4.97. The predicted octanol–water partition coefficient (Wildman–Crippen LogP) is 2.69. The van der Waals surface area contributed by atoms with Crippen LogP contribution in [0.2, 0.25) is 0 Å². The Bertz CT molecular complexity index is 228. The normalized spacial score (nSPS) is 23.2. The molecule has 0 bridgehead atoms. The fraction of sp³-hybridized carbons (Fsp3) is 0.727. The van der Waals surface area contributed by atoms with E-state index in [1.54, 1.807) is 0 Å². The van der Waals surface area contributed by atoms with Crippen LogP contribution in [0.1, 0.15) is 40.0 Å². The summed E-state index contributed by atoms with van der Waals surface area (Å²) in [6, 6.07) is 0. The van der Waals surface area contributed by atoms with Crippen molar-refractivity contribution in [2.24, 2.45) is 5.92 Å². The summed E-state index contributed by atoms with van der Waals surface area (Å²) in [5.74, 6) is 0.0954. The Kier molecular flexibility index (Phi) is 3.52. The molecule has 0 aromatic carbocycles. The van der Waals surface area contributed by atoms with Crippen LogP contribution in [0.25, 0.3) is 0 Å². The Morgan fingerprint density at radius 1 is 1.46 bits per heavy atom. The van der Waals surface area contributed by atoms with E-state index < -0.39 is 0 Å². The average Bonchev–Trinajstić information content (AvgIpc) is 2.10. The SMILES string of the molecule is CCOC(=O)[C@H]1CCC(C)=C(C)C1. The number of hydrogen-bond donors (Lipinski definition) is 0. The second kappa shape index (κ2) is 4.45. The highest BCUT2D eigenvalue weighted by atomic mass is 16.5. The lowest BCUT2D eigenvalue weighted by molar-refractivity contribution is -0.148. The van der Waals surface area contributed by atoms with Crippen molar-refractivity contribution in [2.75, 3.05) is 6.61 Å². The highest BCUT2D eigenvalue weighted by Crippen LogP contribution is 2.29. The number of allylic oxidation sites excluding steroid dienone is 2. The maximum Gasteiger partial charge on any atom is 0.309 e. The van der Waals surface area contributed by atoms with Gasteiger partial charge in [-0.25, -0.2) is 0 Å². The zero-order chi connectivity index (χ0) is 9.84. The topological polar surface area (TPSA) is 26.3 Å². The molecule has 0 spiro atoms. The molecular weight excluding hydrogens is 164 g/mol. The van der Waals surface area contributed by atoms with Crippen LogP contribution < -0.4 is 0 Å². The van der Waals surface area contributed by atoms with Gasteiger partial charge in [0.15, 0.2) is 0 Å². The van der Waals surface area contributed by atoms with Gasteiger partial charge < -0.3 is 4.74 Å². The van der Waals surface area contributed by atoms with Crippen LogP contribution in [0, 0.1) is 5.92 Å². The summed E-state index contributed by atoms with van der Waals surface area (Å²) >= 11 is 0. The number of hydrogen-bond acceptors (Lipinski definition) is 2. The van der Waals surface area contributed by atoms with Gasteiger partial charge in [0.1, 0.15) is 0 Å². The number of ether oxygens (including phenoxy) is 1. The number of carbonyl (C=O) groups is 1. The summed E-state index contributed by atoms with van der Waals surface area (Å²) in [5.41, 5.74) is 2.81. The van der Waals surface area contributed by atoms with Crippen LogP contribution >= 0.6 is 0 Å². The van der Waals surface area contributed by atoms with Crippen molar-refractivity contribution in [1.29, 1.82) is 0 Å². The summed E-state index contributed by atoms with van der Waals surface area (Å²) in [6.07, 6.45) is 2.90. The summed E-state index contributed by atoms with van der Waals surface area (Å²) in [6.45, 7) is 6.61. The third-order valence-electron chi connectivity index (χ3n) is 2.77. The molecule has 0 unspecified atom stereocenters. The highest BCUT2D eigenvalue weighted by Gasteiger charge is 2.23. The quantitative estimate of drug-likeness (QED) is 0.485. The largest absolute Gasteiger partial charge is 0.466 e. The van der Waals surface area contributed by atoms with E-state index in [1.165, 1.54) is 11.1 Å². The van der Waals surface area contributed by atoms with Gasteiger partial charge in [0.05, 0.1) is 12.5 Å². The minimum Gasteiger partial charge on any atom is -0.466 e. The Hall–Kier alpha value is -0.790. The number of carbonyl (C=O) groups excluding carboxylic acids is 1. The fourth-order valence-electron chi connectivity index (χ4n) is 1.71. The molecule has 0 saturated heterocycles. The molecule has 2 heteroatoms. The minimum absolute atomic E-state index is 0.0191. The number of esters is 1. The maximum atomic E-state index is 11.4. The monoisotopic (exact) mass is 182 g/mol. The summed E-state index contributed by atoms with van der Waals surface area (Å²) in [7, 11) is 0. The average molecular weight is 182 g/mol. The van der Waals surface area contributed by atoms with E-state index in [9.17, 15) is 4.79 Å². The van der Waals surface area contributed by atoms with Crippen LogP contribution in [0.5, 0.6) is 0 Å². The molecule has 0 fully saturated rings. The Labute approximate surface area is 80.0 Å². The lowest BCUT2D eigenvalue weighted by atomic mass is 9.85. The van der Waals surface area contributed by atoms with Gasteiger partial charge in [-0.05, 0) is 40.0 Å². The molecule has 0 saturated carbocycles. The molecule has 0 heterocycles. The van der Waals surface area contributed by atoms with Gasteiger partial charge in [-0.3, -0.25) is 4.79 Å². The summed E-state index contributed by atoms with van der Waals surface area (Å²) in [4.78, 5) is 11.4. The molecule has 2 nitrogen and oxygen atoms in total. The van der Waals surface area contributed by atoms with Crippen LogP contribution in [0.15, 0.2) is 11.1 Å². The smallest absolute Gasteiger partial charge is 0.309 e.